The SMILES string of the molecule is CN1CCN=Cc2cccc(c2O)OCCOCCOCCOCCOc2cccc(c2O)C=NCC1. The second-order valence-electron chi connectivity index (χ2n) is 8.30. The van der Waals surface area contributed by atoms with Crippen LogP contribution in [-0.2, 0) is 14.2 Å². The summed E-state index contributed by atoms with van der Waals surface area (Å²) in [5.74, 6) is 0.903. The highest BCUT2D eigenvalue weighted by Gasteiger charge is 2.08. The summed E-state index contributed by atoms with van der Waals surface area (Å²) in [5, 5.41) is 21.0. The van der Waals surface area contributed by atoms with Crippen LogP contribution in [0.5, 0.6) is 23.0 Å². The smallest absolute Gasteiger partial charge is 0.166 e. The number of para-hydroxylation sites is 2. The van der Waals surface area contributed by atoms with Crippen LogP contribution in [0.15, 0.2) is 46.4 Å². The molecule has 4 bridgehead atoms. The van der Waals surface area contributed by atoms with Gasteiger partial charge in [0.25, 0.3) is 0 Å². The number of nitrogens with zero attached hydrogens (tertiary/aromatic N) is 3. The van der Waals surface area contributed by atoms with Gasteiger partial charge in [-0.1, -0.05) is 12.1 Å². The van der Waals surface area contributed by atoms with E-state index >= 15 is 0 Å². The van der Waals surface area contributed by atoms with E-state index < -0.39 is 0 Å². The summed E-state index contributed by atoms with van der Waals surface area (Å²) in [6.07, 6.45) is 3.30. The van der Waals surface area contributed by atoms with Crippen molar-refractivity contribution in [1.29, 1.82) is 0 Å². The molecule has 0 saturated heterocycles. The summed E-state index contributed by atoms with van der Waals surface area (Å²) < 4.78 is 27.8. The molecule has 10 heteroatoms. The lowest BCUT2D eigenvalue weighted by atomic mass is 10.2. The van der Waals surface area contributed by atoms with Crippen molar-refractivity contribution in [3.8, 4) is 23.0 Å². The molecule has 1 aliphatic rings. The monoisotopic (exact) mass is 515 g/mol. The van der Waals surface area contributed by atoms with Crippen LogP contribution in [0.3, 0.4) is 0 Å². The Kier molecular flexibility index (Phi) is 12.7. The van der Waals surface area contributed by atoms with E-state index in [1.807, 2.05) is 19.2 Å². The summed E-state index contributed by atoms with van der Waals surface area (Å²) in [7, 11) is 2.00. The van der Waals surface area contributed by atoms with Gasteiger partial charge in [0.05, 0.1) is 52.7 Å². The minimum absolute atomic E-state index is 0.0585. The molecule has 0 amide bonds. The summed E-state index contributed by atoms with van der Waals surface area (Å²) in [6.45, 7) is 5.72. The van der Waals surface area contributed by atoms with Crippen LogP contribution in [0.1, 0.15) is 11.1 Å². The number of benzene rings is 2. The number of hydrogen-bond acceptors (Lipinski definition) is 10. The molecule has 0 radical (unpaired) electrons. The molecule has 0 unspecified atom stereocenters. The molecular weight excluding hydrogens is 478 g/mol. The van der Waals surface area contributed by atoms with Gasteiger partial charge in [0.1, 0.15) is 13.2 Å². The third-order valence-corrected chi connectivity index (χ3v) is 5.46. The Bertz CT molecular complexity index is 922. The Morgan fingerprint density at radius 3 is 1.46 bits per heavy atom. The summed E-state index contributed by atoms with van der Waals surface area (Å²) in [4.78, 5) is 11.0. The normalized spacial score (nSPS) is 18.2. The molecule has 1 aliphatic heterocycles. The Morgan fingerprint density at radius 1 is 0.622 bits per heavy atom. The van der Waals surface area contributed by atoms with E-state index in [4.69, 9.17) is 23.7 Å². The van der Waals surface area contributed by atoms with Gasteiger partial charge in [-0.2, -0.15) is 0 Å². The maximum absolute atomic E-state index is 10.5. The van der Waals surface area contributed by atoms with Gasteiger partial charge in [-0.3, -0.25) is 9.98 Å². The van der Waals surface area contributed by atoms with Crippen LogP contribution in [0, 0.1) is 0 Å². The molecular formula is C27H37N3O7. The first kappa shape index (κ1) is 28.4. The number of phenols is 2. The Labute approximate surface area is 218 Å². The van der Waals surface area contributed by atoms with Crippen molar-refractivity contribution in [2.45, 2.75) is 0 Å². The lowest BCUT2D eigenvalue weighted by molar-refractivity contribution is 0.00479. The minimum Gasteiger partial charge on any atom is -0.504 e. The number of likely N-dealkylation sites (N-methyl/N-ethyl adjacent to an activating group) is 1. The minimum atomic E-state index is 0.0585. The molecule has 202 valence electrons. The van der Waals surface area contributed by atoms with E-state index in [0.717, 1.165) is 13.1 Å². The molecule has 0 atom stereocenters. The molecule has 0 aromatic heterocycles. The molecule has 0 aliphatic carbocycles. The molecule has 2 aromatic carbocycles. The quantitative estimate of drug-likeness (QED) is 0.550. The van der Waals surface area contributed by atoms with Gasteiger partial charge in [0.15, 0.2) is 23.0 Å². The average Bonchev–Trinajstić information content (AvgIpc) is 2.90. The van der Waals surface area contributed by atoms with E-state index in [0.29, 0.717) is 88.6 Å². The van der Waals surface area contributed by atoms with Crippen LogP contribution in [0.2, 0.25) is 0 Å². The molecule has 0 saturated carbocycles. The molecule has 1 heterocycles. The van der Waals surface area contributed by atoms with Crippen LogP contribution in [0.25, 0.3) is 0 Å². The van der Waals surface area contributed by atoms with Crippen molar-refractivity contribution in [2.75, 3.05) is 86.1 Å². The zero-order valence-electron chi connectivity index (χ0n) is 21.4. The Balaban J connectivity index is 1.56. The number of rotatable bonds is 0. The maximum atomic E-state index is 10.5. The highest BCUT2D eigenvalue weighted by Crippen LogP contribution is 2.29. The number of phenolic OH excluding ortho intramolecular Hbond substituents is 2. The van der Waals surface area contributed by atoms with Crippen LogP contribution < -0.4 is 9.47 Å². The number of fused-ring (bicyclic) bond motifs is 4. The van der Waals surface area contributed by atoms with Gasteiger partial charge in [0, 0.05) is 36.6 Å². The van der Waals surface area contributed by atoms with E-state index in [9.17, 15) is 10.2 Å². The van der Waals surface area contributed by atoms with Gasteiger partial charge in [0.2, 0.25) is 0 Å². The van der Waals surface area contributed by atoms with Crippen molar-refractivity contribution in [3.05, 3.63) is 47.5 Å². The highest BCUT2D eigenvalue weighted by molar-refractivity contribution is 5.85. The molecule has 0 spiro atoms. The van der Waals surface area contributed by atoms with Crippen LogP contribution in [0.4, 0.5) is 0 Å². The fraction of sp³-hybridized carbons (Fsp3) is 0.481. The predicted molar refractivity (Wildman–Crippen MR) is 142 cm³/mol. The molecule has 3 rings (SSSR count). The predicted octanol–water partition coefficient (Wildman–Crippen LogP) is 2.39. The first-order valence-electron chi connectivity index (χ1n) is 12.5. The highest BCUT2D eigenvalue weighted by atomic mass is 16.6. The molecule has 0 fully saturated rings. The summed E-state index contributed by atoms with van der Waals surface area (Å²) in [6, 6.07) is 10.6. The first-order valence-corrected chi connectivity index (χ1v) is 12.5. The first-order chi connectivity index (χ1) is 18.1. The van der Waals surface area contributed by atoms with Crippen molar-refractivity contribution >= 4 is 12.4 Å². The van der Waals surface area contributed by atoms with Crippen LogP contribution >= 0.6 is 0 Å². The fourth-order valence-corrected chi connectivity index (χ4v) is 3.38. The maximum Gasteiger partial charge on any atom is 0.166 e. The van der Waals surface area contributed by atoms with Crippen molar-refractivity contribution in [2.24, 2.45) is 9.98 Å². The number of aromatic hydroxyl groups is 2. The third-order valence-electron chi connectivity index (χ3n) is 5.46. The average molecular weight is 516 g/mol. The third kappa shape index (κ3) is 10.4. The van der Waals surface area contributed by atoms with E-state index in [1.54, 1.807) is 36.7 Å². The van der Waals surface area contributed by atoms with Crippen LogP contribution in [-0.4, -0.2) is 114 Å². The second kappa shape index (κ2) is 16.5. The molecule has 10 nitrogen and oxygen atoms in total. The van der Waals surface area contributed by atoms with Crippen molar-refractivity contribution in [1.82, 2.24) is 4.90 Å². The molecule has 37 heavy (non-hydrogen) atoms. The van der Waals surface area contributed by atoms with Gasteiger partial charge in [-0.05, 0) is 31.3 Å². The van der Waals surface area contributed by atoms with Crippen molar-refractivity contribution in [3.63, 3.8) is 0 Å². The van der Waals surface area contributed by atoms with Gasteiger partial charge < -0.3 is 38.8 Å². The largest absolute Gasteiger partial charge is 0.504 e. The van der Waals surface area contributed by atoms with E-state index in [1.165, 1.54) is 0 Å². The zero-order chi connectivity index (χ0) is 26.1. The van der Waals surface area contributed by atoms with Gasteiger partial charge in [-0.25, -0.2) is 0 Å². The second-order valence-corrected chi connectivity index (χ2v) is 8.30. The topological polar surface area (TPSA) is 115 Å². The van der Waals surface area contributed by atoms with Crippen molar-refractivity contribution < 1.29 is 33.9 Å². The summed E-state index contributed by atoms with van der Waals surface area (Å²) >= 11 is 0. The zero-order valence-corrected chi connectivity index (χ0v) is 21.4. The standard InChI is InChI=1S/C27H37N3O7/c1-30-10-8-28-20-22-4-2-6-24(26(22)31)36-18-16-34-14-12-33-13-15-35-17-19-37-25-7-3-5-23(27(25)32)21-29-9-11-30/h2-7,20-21,31-32H,8-19H2,1H3. The summed E-state index contributed by atoms with van der Waals surface area (Å²) in [5.41, 5.74) is 1.20. The molecule has 2 aromatic rings. The lowest BCUT2D eigenvalue weighted by Gasteiger charge is -2.13. The molecule has 2 N–H and O–H groups in total. The Hall–Kier alpha value is -3.18. The van der Waals surface area contributed by atoms with Gasteiger partial charge in [-0.15, -0.1) is 0 Å². The lowest BCUT2D eigenvalue weighted by Crippen LogP contribution is -2.24. The van der Waals surface area contributed by atoms with E-state index in [-0.39, 0.29) is 11.5 Å². The van der Waals surface area contributed by atoms with Gasteiger partial charge >= 0.3 is 0 Å². The number of aliphatic imine (C=N–C) groups is 2. The van der Waals surface area contributed by atoms with E-state index in [2.05, 4.69) is 14.9 Å². The fourth-order valence-electron chi connectivity index (χ4n) is 3.38. The number of ether oxygens (including phenoxy) is 5. The Morgan fingerprint density at radius 2 is 1.03 bits per heavy atom. The number of hydrogen-bond donors (Lipinski definition) is 2.